The third kappa shape index (κ3) is 4.49. The molecular formula is C18H19ClFN7O. The van der Waals surface area contributed by atoms with Crippen LogP contribution in [0, 0.1) is 11.7 Å². The Bertz CT molecular complexity index is 945. The van der Waals surface area contributed by atoms with Crippen molar-refractivity contribution in [2.75, 3.05) is 18.4 Å². The maximum absolute atomic E-state index is 14.1. The Labute approximate surface area is 167 Å². The minimum atomic E-state index is -0.540. The normalized spacial score (nSPS) is 15.8. The molecule has 3 aromatic rings. The lowest BCUT2D eigenvalue weighted by Gasteiger charge is -2.11. The largest absolute Gasteiger partial charge is 0.319 e. The number of anilines is 1. The second kappa shape index (κ2) is 8.85. The number of tetrazole rings is 1. The van der Waals surface area contributed by atoms with Gasteiger partial charge < -0.3 is 10.6 Å². The number of halogens is 2. The highest BCUT2D eigenvalue weighted by atomic mass is 35.5. The fourth-order valence-electron chi connectivity index (χ4n) is 3.17. The molecule has 1 aliphatic rings. The Kier molecular flexibility index (Phi) is 6.27. The predicted octanol–water partition coefficient (Wildman–Crippen LogP) is 2.02. The Hall–Kier alpha value is -2.91. The van der Waals surface area contributed by atoms with Gasteiger partial charge in [-0.25, -0.2) is 9.07 Å². The number of benzene rings is 1. The van der Waals surface area contributed by atoms with Crippen LogP contribution in [0.2, 0.25) is 0 Å². The summed E-state index contributed by atoms with van der Waals surface area (Å²) < 4.78 is 15.5. The molecule has 10 heteroatoms. The summed E-state index contributed by atoms with van der Waals surface area (Å²) in [6, 6.07) is 6.07. The zero-order chi connectivity index (χ0) is 18.6. The number of nitrogens with one attached hydrogen (secondary N) is 2. The van der Waals surface area contributed by atoms with Crippen LogP contribution >= 0.6 is 12.4 Å². The molecule has 1 saturated heterocycles. The first-order chi connectivity index (χ1) is 13.2. The standard InChI is InChI=1S/C18H18FN7O.ClH/c19-16-2-1-15(26-11-22-24-25-26)7-17(16)23-18(27)14-6-13(9-21-10-14)5-12-3-4-20-8-12;/h1-2,6-7,9-12,20H,3-5,8H2,(H,23,27);1H. The molecule has 1 atom stereocenters. The average molecular weight is 404 g/mol. The third-order valence-corrected chi connectivity index (χ3v) is 4.56. The van der Waals surface area contributed by atoms with Crippen LogP contribution in [0.15, 0.2) is 43.0 Å². The van der Waals surface area contributed by atoms with E-state index in [1.807, 2.05) is 6.07 Å². The first-order valence-electron chi connectivity index (χ1n) is 8.68. The molecule has 0 saturated carbocycles. The van der Waals surface area contributed by atoms with Crippen LogP contribution < -0.4 is 10.6 Å². The van der Waals surface area contributed by atoms with Gasteiger partial charge in [-0.2, -0.15) is 0 Å². The zero-order valence-electron chi connectivity index (χ0n) is 14.9. The molecule has 146 valence electrons. The van der Waals surface area contributed by atoms with Gasteiger partial charge in [0.15, 0.2) is 0 Å². The smallest absolute Gasteiger partial charge is 0.257 e. The van der Waals surface area contributed by atoms with E-state index in [2.05, 4.69) is 31.1 Å². The molecule has 0 radical (unpaired) electrons. The number of hydrogen-bond donors (Lipinski definition) is 2. The number of hydrogen-bond acceptors (Lipinski definition) is 6. The van der Waals surface area contributed by atoms with E-state index < -0.39 is 11.7 Å². The van der Waals surface area contributed by atoms with Gasteiger partial charge in [-0.3, -0.25) is 9.78 Å². The topological polar surface area (TPSA) is 97.6 Å². The number of carbonyl (C=O) groups is 1. The molecule has 2 N–H and O–H groups in total. The van der Waals surface area contributed by atoms with Crippen molar-refractivity contribution in [3.8, 4) is 5.69 Å². The van der Waals surface area contributed by atoms with Crippen molar-refractivity contribution in [1.29, 1.82) is 0 Å². The van der Waals surface area contributed by atoms with Gasteiger partial charge in [-0.15, -0.1) is 17.5 Å². The van der Waals surface area contributed by atoms with Crippen LogP contribution in [0.5, 0.6) is 0 Å². The average Bonchev–Trinajstić information content (AvgIpc) is 3.38. The molecular weight excluding hydrogens is 385 g/mol. The summed E-state index contributed by atoms with van der Waals surface area (Å²) in [5.74, 6) is -0.404. The second-order valence-corrected chi connectivity index (χ2v) is 6.52. The first kappa shape index (κ1) is 19.8. The van der Waals surface area contributed by atoms with Crippen molar-refractivity contribution in [2.24, 2.45) is 5.92 Å². The Balaban J connectivity index is 0.00000225. The summed E-state index contributed by atoms with van der Waals surface area (Å²) in [5.41, 5.74) is 1.99. The highest BCUT2D eigenvalue weighted by Crippen LogP contribution is 2.20. The van der Waals surface area contributed by atoms with E-state index in [9.17, 15) is 9.18 Å². The molecule has 1 amide bonds. The quantitative estimate of drug-likeness (QED) is 0.676. The zero-order valence-corrected chi connectivity index (χ0v) is 15.7. The summed E-state index contributed by atoms with van der Waals surface area (Å²) >= 11 is 0. The molecule has 1 aromatic carbocycles. The van der Waals surface area contributed by atoms with Gasteiger partial charge in [-0.1, -0.05) is 0 Å². The van der Waals surface area contributed by atoms with Gasteiger partial charge in [0.1, 0.15) is 12.1 Å². The van der Waals surface area contributed by atoms with Crippen LogP contribution in [-0.4, -0.2) is 44.2 Å². The SMILES string of the molecule is Cl.O=C(Nc1cc(-n2cnnn2)ccc1F)c1cncc(CC2CCNC2)c1. The molecule has 0 spiro atoms. The minimum Gasteiger partial charge on any atom is -0.319 e. The number of pyridine rings is 1. The number of amides is 1. The Morgan fingerprint density at radius 3 is 2.96 bits per heavy atom. The van der Waals surface area contributed by atoms with E-state index >= 15 is 0 Å². The molecule has 0 aliphatic carbocycles. The van der Waals surface area contributed by atoms with Crippen LogP contribution in [0.4, 0.5) is 10.1 Å². The molecule has 0 bridgehead atoms. The number of rotatable bonds is 5. The van der Waals surface area contributed by atoms with Gasteiger partial charge in [-0.05, 0) is 72.1 Å². The second-order valence-electron chi connectivity index (χ2n) is 6.52. The fourth-order valence-corrected chi connectivity index (χ4v) is 3.17. The van der Waals surface area contributed by atoms with Crippen molar-refractivity contribution >= 4 is 24.0 Å². The van der Waals surface area contributed by atoms with Crippen LogP contribution in [0.25, 0.3) is 5.69 Å². The first-order valence-corrected chi connectivity index (χ1v) is 8.68. The molecule has 4 rings (SSSR count). The van der Waals surface area contributed by atoms with Gasteiger partial charge in [0.05, 0.1) is 16.9 Å². The monoisotopic (exact) mass is 403 g/mol. The van der Waals surface area contributed by atoms with Gasteiger partial charge in [0, 0.05) is 12.4 Å². The van der Waals surface area contributed by atoms with Crippen LogP contribution in [0.3, 0.4) is 0 Å². The van der Waals surface area contributed by atoms with Crippen molar-refractivity contribution < 1.29 is 9.18 Å². The van der Waals surface area contributed by atoms with Crippen LogP contribution in [-0.2, 0) is 6.42 Å². The Morgan fingerprint density at radius 1 is 1.32 bits per heavy atom. The lowest BCUT2D eigenvalue weighted by atomic mass is 9.99. The van der Waals surface area contributed by atoms with Crippen molar-refractivity contribution in [2.45, 2.75) is 12.8 Å². The minimum absolute atomic E-state index is 0. The van der Waals surface area contributed by atoms with Gasteiger partial charge in [0.2, 0.25) is 0 Å². The molecule has 1 aliphatic heterocycles. The van der Waals surface area contributed by atoms with Gasteiger partial charge >= 0.3 is 0 Å². The predicted molar refractivity (Wildman–Crippen MR) is 103 cm³/mol. The molecule has 2 aromatic heterocycles. The highest BCUT2D eigenvalue weighted by Gasteiger charge is 2.17. The summed E-state index contributed by atoms with van der Waals surface area (Å²) in [7, 11) is 0. The highest BCUT2D eigenvalue weighted by molar-refractivity contribution is 6.04. The fraction of sp³-hybridized carbons (Fsp3) is 0.278. The molecule has 1 unspecified atom stereocenters. The lowest BCUT2D eigenvalue weighted by molar-refractivity contribution is 0.102. The molecule has 1 fully saturated rings. The van der Waals surface area contributed by atoms with Crippen LogP contribution in [0.1, 0.15) is 22.3 Å². The lowest BCUT2D eigenvalue weighted by Crippen LogP contribution is -2.15. The molecule has 3 heterocycles. The Morgan fingerprint density at radius 2 is 2.21 bits per heavy atom. The van der Waals surface area contributed by atoms with Crippen molar-refractivity contribution in [3.63, 3.8) is 0 Å². The number of nitrogens with zero attached hydrogens (tertiary/aromatic N) is 5. The van der Waals surface area contributed by atoms with E-state index in [-0.39, 0.29) is 18.1 Å². The third-order valence-electron chi connectivity index (χ3n) is 4.56. The van der Waals surface area contributed by atoms with Crippen molar-refractivity contribution in [1.82, 2.24) is 30.5 Å². The number of aromatic nitrogens is 5. The van der Waals surface area contributed by atoms with E-state index in [1.165, 1.54) is 35.4 Å². The summed E-state index contributed by atoms with van der Waals surface area (Å²) in [6.45, 7) is 2.00. The van der Waals surface area contributed by atoms with Crippen molar-refractivity contribution in [3.05, 3.63) is 59.9 Å². The molecule has 28 heavy (non-hydrogen) atoms. The van der Waals surface area contributed by atoms with E-state index in [1.54, 1.807) is 6.20 Å². The van der Waals surface area contributed by atoms with E-state index in [0.29, 0.717) is 17.2 Å². The molecule has 8 nitrogen and oxygen atoms in total. The van der Waals surface area contributed by atoms with Gasteiger partial charge in [0.25, 0.3) is 5.91 Å². The van der Waals surface area contributed by atoms with E-state index in [0.717, 1.165) is 31.5 Å². The summed E-state index contributed by atoms with van der Waals surface area (Å²) in [6.07, 6.45) is 6.63. The van der Waals surface area contributed by atoms with E-state index in [4.69, 9.17) is 0 Å². The summed E-state index contributed by atoms with van der Waals surface area (Å²) in [4.78, 5) is 16.7. The maximum atomic E-state index is 14.1. The summed E-state index contributed by atoms with van der Waals surface area (Å²) in [5, 5.41) is 16.8. The number of carbonyl (C=O) groups excluding carboxylic acids is 1. The maximum Gasteiger partial charge on any atom is 0.257 e.